The normalized spacial score (nSPS) is 16.4. The Labute approximate surface area is 219 Å². The van der Waals surface area contributed by atoms with Crippen molar-refractivity contribution in [2.75, 3.05) is 18.2 Å². The molecule has 6 rings (SSSR count). The fourth-order valence-electron chi connectivity index (χ4n) is 4.84. The van der Waals surface area contributed by atoms with E-state index in [4.69, 9.17) is 10.5 Å². The largest absolute Gasteiger partial charge is 0.497 e. The zero-order valence-corrected chi connectivity index (χ0v) is 21.1. The van der Waals surface area contributed by atoms with Crippen LogP contribution < -0.4 is 15.8 Å². The Kier molecular flexibility index (Phi) is 5.95. The summed E-state index contributed by atoms with van der Waals surface area (Å²) < 4.78 is 7.35. The Bertz CT molecular complexity index is 1650. The van der Waals surface area contributed by atoms with E-state index in [1.54, 1.807) is 25.7 Å². The lowest BCUT2D eigenvalue weighted by molar-refractivity contribution is -0.117. The molecule has 0 bridgehead atoms. The number of nitrogens with two attached hydrogens (primary N) is 1. The lowest BCUT2D eigenvalue weighted by Gasteiger charge is -2.11. The van der Waals surface area contributed by atoms with Gasteiger partial charge in [0, 0.05) is 59.8 Å². The standard InChI is InChI=1S/C29H27N7O2/c1-17-7-8-31-12-23(17)25-9-19-10-27(33-13-24(19)28(30)34-25)35-29(37)22-11-21(22)26-14-32-16-36(26)15-18-3-5-20(38-2)6-4-18/h3-10,12-14,16,21-22H,11,15H2,1-2H3,(H2,30,34)(H,33,35,37)/t21-,22-/m0/s1. The van der Waals surface area contributed by atoms with Gasteiger partial charge in [0.15, 0.2) is 0 Å². The molecule has 4 aromatic heterocycles. The van der Waals surface area contributed by atoms with Crippen LogP contribution in [0.1, 0.15) is 29.2 Å². The number of pyridine rings is 3. The summed E-state index contributed by atoms with van der Waals surface area (Å²) in [6, 6.07) is 13.7. The highest BCUT2D eigenvalue weighted by Crippen LogP contribution is 2.48. The summed E-state index contributed by atoms with van der Waals surface area (Å²) in [7, 11) is 1.65. The van der Waals surface area contributed by atoms with Gasteiger partial charge in [0.1, 0.15) is 17.4 Å². The predicted octanol–water partition coefficient (Wildman–Crippen LogP) is 4.58. The number of nitrogen functional groups attached to an aromatic ring is 1. The lowest BCUT2D eigenvalue weighted by atomic mass is 10.1. The number of aryl methyl sites for hydroxylation is 1. The van der Waals surface area contributed by atoms with Crippen LogP contribution in [0.25, 0.3) is 22.0 Å². The van der Waals surface area contributed by atoms with Gasteiger partial charge in [-0.1, -0.05) is 12.1 Å². The van der Waals surface area contributed by atoms with E-state index in [0.717, 1.165) is 51.0 Å². The number of hydrogen-bond donors (Lipinski definition) is 2. The number of ether oxygens (including phenoxy) is 1. The summed E-state index contributed by atoms with van der Waals surface area (Å²) in [6.45, 7) is 2.69. The third kappa shape index (κ3) is 4.54. The number of benzene rings is 1. The number of carbonyl (C=O) groups is 1. The number of hydrogen-bond acceptors (Lipinski definition) is 7. The molecule has 1 amide bonds. The monoisotopic (exact) mass is 505 g/mol. The number of rotatable bonds is 7. The summed E-state index contributed by atoms with van der Waals surface area (Å²) in [5, 5.41) is 4.58. The molecule has 9 nitrogen and oxygen atoms in total. The van der Waals surface area contributed by atoms with Crippen LogP contribution in [0.3, 0.4) is 0 Å². The molecule has 0 aliphatic heterocycles. The summed E-state index contributed by atoms with van der Waals surface area (Å²) in [5.41, 5.74) is 11.1. The number of fused-ring (bicyclic) bond motifs is 1. The molecule has 4 heterocycles. The average Bonchev–Trinajstić information content (AvgIpc) is 3.60. The lowest BCUT2D eigenvalue weighted by Crippen LogP contribution is -2.16. The summed E-state index contributed by atoms with van der Waals surface area (Å²) >= 11 is 0. The molecular formula is C29H27N7O2. The smallest absolute Gasteiger partial charge is 0.229 e. The van der Waals surface area contributed by atoms with Gasteiger partial charge in [0.25, 0.3) is 0 Å². The number of anilines is 2. The summed E-state index contributed by atoms with van der Waals surface area (Å²) in [6.07, 6.45) is 9.62. The molecule has 1 aliphatic rings. The maximum Gasteiger partial charge on any atom is 0.229 e. The van der Waals surface area contributed by atoms with Crippen LogP contribution in [0.5, 0.6) is 5.75 Å². The van der Waals surface area contributed by atoms with Gasteiger partial charge < -0.3 is 20.4 Å². The summed E-state index contributed by atoms with van der Waals surface area (Å²) in [5.74, 6) is 1.64. The topological polar surface area (TPSA) is 121 Å². The van der Waals surface area contributed by atoms with E-state index < -0.39 is 0 Å². The van der Waals surface area contributed by atoms with Gasteiger partial charge in [-0.2, -0.15) is 0 Å². The van der Waals surface area contributed by atoms with Crippen LogP contribution in [-0.2, 0) is 11.3 Å². The number of nitrogens with zero attached hydrogens (tertiary/aromatic N) is 5. The molecule has 1 aliphatic carbocycles. The van der Waals surface area contributed by atoms with Gasteiger partial charge in [0.05, 0.1) is 19.1 Å². The van der Waals surface area contributed by atoms with Gasteiger partial charge in [-0.3, -0.25) is 9.78 Å². The van der Waals surface area contributed by atoms with Crippen molar-refractivity contribution in [1.82, 2.24) is 24.5 Å². The van der Waals surface area contributed by atoms with E-state index in [9.17, 15) is 4.79 Å². The molecule has 3 N–H and O–H groups in total. The van der Waals surface area contributed by atoms with Crippen LogP contribution >= 0.6 is 0 Å². The van der Waals surface area contributed by atoms with Crippen molar-refractivity contribution in [3.8, 4) is 17.0 Å². The number of imidazole rings is 1. The Balaban J connectivity index is 1.17. The molecule has 5 aromatic rings. The van der Waals surface area contributed by atoms with Crippen LogP contribution in [0.2, 0.25) is 0 Å². The van der Waals surface area contributed by atoms with Gasteiger partial charge in [-0.05, 0) is 60.2 Å². The van der Waals surface area contributed by atoms with Crippen molar-refractivity contribution in [3.05, 3.63) is 90.4 Å². The second-order valence-electron chi connectivity index (χ2n) is 9.61. The molecule has 1 fully saturated rings. The quantitative estimate of drug-likeness (QED) is 0.332. The minimum Gasteiger partial charge on any atom is -0.497 e. The second kappa shape index (κ2) is 9.59. The zero-order chi connectivity index (χ0) is 26.2. The Hall–Kier alpha value is -4.79. The number of nitrogens with one attached hydrogen (secondary N) is 1. The molecular weight excluding hydrogens is 478 g/mol. The van der Waals surface area contributed by atoms with E-state index in [1.165, 1.54) is 0 Å². The minimum absolute atomic E-state index is 0.0515. The highest BCUT2D eigenvalue weighted by atomic mass is 16.5. The first-order valence-corrected chi connectivity index (χ1v) is 12.4. The van der Waals surface area contributed by atoms with Crippen molar-refractivity contribution in [2.24, 2.45) is 5.92 Å². The second-order valence-corrected chi connectivity index (χ2v) is 9.61. The molecule has 0 radical (unpaired) electrons. The highest BCUT2D eigenvalue weighted by molar-refractivity contribution is 5.98. The molecule has 9 heteroatoms. The fraction of sp³-hybridized carbons (Fsp3) is 0.207. The first kappa shape index (κ1) is 23.6. The molecule has 0 unspecified atom stereocenters. The summed E-state index contributed by atoms with van der Waals surface area (Å²) in [4.78, 5) is 30.6. The predicted molar refractivity (Wildman–Crippen MR) is 146 cm³/mol. The average molecular weight is 506 g/mol. The van der Waals surface area contributed by atoms with E-state index in [-0.39, 0.29) is 17.7 Å². The van der Waals surface area contributed by atoms with Crippen molar-refractivity contribution in [2.45, 2.75) is 25.8 Å². The SMILES string of the molecule is COc1ccc(Cn2cncc2[C@H]2C[C@@H]2C(=O)Nc2cc3cc(-c4cnccc4C)nc(N)c3cn2)cc1. The van der Waals surface area contributed by atoms with E-state index in [2.05, 4.69) is 29.8 Å². The third-order valence-corrected chi connectivity index (χ3v) is 7.07. The first-order chi connectivity index (χ1) is 18.5. The molecule has 1 aromatic carbocycles. The van der Waals surface area contributed by atoms with Crippen LogP contribution in [0.15, 0.2) is 73.6 Å². The maximum atomic E-state index is 13.1. The third-order valence-electron chi connectivity index (χ3n) is 7.07. The Morgan fingerprint density at radius 3 is 2.76 bits per heavy atom. The molecule has 1 saturated carbocycles. The van der Waals surface area contributed by atoms with E-state index in [0.29, 0.717) is 18.2 Å². The number of carbonyl (C=O) groups excluding carboxylic acids is 1. The van der Waals surface area contributed by atoms with E-state index >= 15 is 0 Å². The first-order valence-electron chi connectivity index (χ1n) is 12.4. The van der Waals surface area contributed by atoms with Crippen molar-refractivity contribution in [3.63, 3.8) is 0 Å². The molecule has 2 atom stereocenters. The number of amides is 1. The van der Waals surface area contributed by atoms with Crippen molar-refractivity contribution < 1.29 is 9.53 Å². The van der Waals surface area contributed by atoms with Gasteiger partial charge in [0.2, 0.25) is 5.91 Å². The molecule has 0 spiro atoms. The Morgan fingerprint density at radius 1 is 1.13 bits per heavy atom. The fourth-order valence-corrected chi connectivity index (χ4v) is 4.84. The van der Waals surface area contributed by atoms with Crippen LogP contribution in [0.4, 0.5) is 11.6 Å². The highest BCUT2D eigenvalue weighted by Gasteiger charge is 2.45. The zero-order valence-electron chi connectivity index (χ0n) is 21.1. The van der Waals surface area contributed by atoms with Crippen LogP contribution in [-0.4, -0.2) is 37.5 Å². The minimum atomic E-state index is -0.130. The van der Waals surface area contributed by atoms with E-state index in [1.807, 2.05) is 61.9 Å². The van der Waals surface area contributed by atoms with Gasteiger partial charge >= 0.3 is 0 Å². The van der Waals surface area contributed by atoms with Crippen molar-refractivity contribution >= 4 is 28.3 Å². The van der Waals surface area contributed by atoms with Crippen LogP contribution in [0, 0.1) is 12.8 Å². The molecule has 190 valence electrons. The number of methoxy groups -OCH3 is 1. The van der Waals surface area contributed by atoms with Crippen molar-refractivity contribution in [1.29, 1.82) is 0 Å². The Morgan fingerprint density at radius 2 is 1.97 bits per heavy atom. The molecule has 38 heavy (non-hydrogen) atoms. The van der Waals surface area contributed by atoms with Gasteiger partial charge in [-0.25, -0.2) is 15.0 Å². The molecule has 0 saturated heterocycles. The number of aromatic nitrogens is 5. The maximum absolute atomic E-state index is 13.1. The van der Waals surface area contributed by atoms with Gasteiger partial charge in [-0.15, -0.1) is 0 Å².